The van der Waals surface area contributed by atoms with Gasteiger partial charge in [0.25, 0.3) is 5.89 Å². The minimum atomic E-state index is -0.299. The summed E-state index contributed by atoms with van der Waals surface area (Å²) in [6.07, 6.45) is 0. The summed E-state index contributed by atoms with van der Waals surface area (Å²) in [5.74, 6) is 1.71. The van der Waals surface area contributed by atoms with Gasteiger partial charge in [-0.25, -0.2) is 4.39 Å². The third-order valence-corrected chi connectivity index (χ3v) is 4.16. The Morgan fingerprint density at radius 2 is 2.06 bits per heavy atom. The SMILES string of the molecule is C[C@@H]1[C@@H](c2noc(-c3cccc(F)c3)n2)C1(C)C. The van der Waals surface area contributed by atoms with E-state index in [1.807, 2.05) is 0 Å². The maximum absolute atomic E-state index is 13.1. The first-order valence-corrected chi connectivity index (χ1v) is 6.09. The molecule has 2 atom stereocenters. The Kier molecular flexibility index (Phi) is 2.30. The molecule has 0 aliphatic heterocycles. The van der Waals surface area contributed by atoms with Crippen molar-refractivity contribution in [2.24, 2.45) is 11.3 Å². The lowest BCUT2D eigenvalue weighted by Gasteiger charge is -1.96. The summed E-state index contributed by atoms with van der Waals surface area (Å²) in [6, 6.07) is 6.20. The predicted octanol–water partition coefficient (Wildman–Crippen LogP) is 3.64. The molecule has 1 aromatic heterocycles. The van der Waals surface area contributed by atoms with Crippen molar-refractivity contribution in [2.75, 3.05) is 0 Å². The number of aromatic nitrogens is 2. The second-order valence-corrected chi connectivity index (χ2v) is 5.56. The van der Waals surface area contributed by atoms with Gasteiger partial charge in [-0.2, -0.15) is 4.98 Å². The highest BCUT2D eigenvalue weighted by Gasteiger charge is 2.57. The highest BCUT2D eigenvalue weighted by molar-refractivity contribution is 5.52. The minimum Gasteiger partial charge on any atom is -0.334 e. The number of benzene rings is 1. The van der Waals surface area contributed by atoms with Crippen LogP contribution in [0.2, 0.25) is 0 Å². The number of nitrogens with zero attached hydrogens (tertiary/aromatic N) is 2. The molecule has 2 aromatic rings. The van der Waals surface area contributed by atoms with Crippen LogP contribution in [0.5, 0.6) is 0 Å². The van der Waals surface area contributed by atoms with Gasteiger partial charge in [0, 0.05) is 11.5 Å². The van der Waals surface area contributed by atoms with E-state index in [2.05, 4.69) is 30.9 Å². The van der Waals surface area contributed by atoms with E-state index in [9.17, 15) is 4.39 Å². The van der Waals surface area contributed by atoms with E-state index in [4.69, 9.17) is 4.52 Å². The van der Waals surface area contributed by atoms with Gasteiger partial charge in [0.05, 0.1) is 0 Å². The van der Waals surface area contributed by atoms with Crippen molar-refractivity contribution in [3.05, 3.63) is 35.9 Å². The Bertz CT molecular complexity index is 591. The minimum absolute atomic E-state index is 0.225. The molecule has 0 bridgehead atoms. The molecule has 0 spiro atoms. The van der Waals surface area contributed by atoms with Crippen LogP contribution in [-0.2, 0) is 0 Å². The topological polar surface area (TPSA) is 38.9 Å². The first-order chi connectivity index (χ1) is 8.50. The van der Waals surface area contributed by atoms with Crippen LogP contribution in [0.3, 0.4) is 0 Å². The van der Waals surface area contributed by atoms with Gasteiger partial charge < -0.3 is 4.52 Å². The molecule has 18 heavy (non-hydrogen) atoms. The van der Waals surface area contributed by atoms with E-state index >= 15 is 0 Å². The van der Waals surface area contributed by atoms with Crippen molar-refractivity contribution in [1.82, 2.24) is 10.1 Å². The largest absolute Gasteiger partial charge is 0.334 e. The smallest absolute Gasteiger partial charge is 0.258 e. The van der Waals surface area contributed by atoms with Crippen molar-refractivity contribution in [2.45, 2.75) is 26.7 Å². The summed E-state index contributed by atoms with van der Waals surface area (Å²) in [7, 11) is 0. The molecular formula is C14H15FN2O. The summed E-state index contributed by atoms with van der Waals surface area (Å²) in [6.45, 7) is 6.57. The Balaban J connectivity index is 1.91. The van der Waals surface area contributed by atoms with Gasteiger partial charge in [0.1, 0.15) is 5.82 Å². The molecule has 1 fully saturated rings. The summed E-state index contributed by atoms with van der Waals surface area (Å²) in [4.78, 5) is 4.39. The zero-order valence-electron chi connectivity index (χ0n) is 10.6. The molecule has 4 heteroatoms. The van der Waals surface area contributed by atoms with Crippen LogP contribution in [0.25, 0.3) is 11.5 Å². The van der Waals surface area contributed by atoms with E-state index < -0.39 is 0 Å². The Morgan fingerprint density at radius 3 is 2.67 bits per heavy atom. The molecule has 1 aliphatic rings. The molecule has 0 amide bonds. The lowest BCUT2D eigenvalue weighted by Crippen LogP contribution is -1.92. The first kappa shape index (κ1) is 11.4. The van der Waals surface area contributed by atoms with Crippen LogP contribution in [0.15, 0.2) is 28.8 Å². The van der Waals surface area contributed by atoms with Crippen molar-refractivity contribution in [1.29, 1.82) is 0 Å². The van der Waals surface area contributed by atoms with Crippen molar-refractivity contribution < 1.29 is 8.91 Å². The van der Waals surface area contributed by atoms with Crippen LogP contribution >= 0.6 is 0 Å². The average molecular weight is 246 g/mol. The molecular weight excluding hydrogens is 231 g/mol. The maximum Gasteiger partial charge on any atom is 0.258 e. The monoisotopic (exact) mass is 246 g/mol. The van der Waals surface area contributed by atoms with Gasteiger partial charge in [0.2, 0.25) is 0 Å². The molecule has 1 aliphatic carbocycles. The third-order valence-electron chi connectivity index (χ3n) is 4.16. The number of hydrogen-bond donors (Lipinski definition) is 0. The lowest BCUT2D eigenvalue weighted by molar-refractivity contribution is 0.419. The molecule has 1 heterocycles. The number of hydrogen-bond acceptors (Lipinski definition) is 3. The molecule has 0 saturated heterocycles. The molecule has 0 unspecified atom stereocenters. The van der Waals surface area contributed by atoms with Crippen molar-refractivity contribution in [3.63, 3.8) is 0 Å². The molecule has 3 rings (SSSR count). The standard InChI is InChI=1S/C14H15FN2O/c1-8-11(14(8,2)3)12-16-13(18-17-12)9-5-4-6-10(15)7-9/h4-8,11H,1-3H3/t8-,11+/m1/s1. The van der Waals surface area contributed by atoms with E-state index in [0.717, 1.165) is 5.82 Å². The highest BCUT2D eigenvalue weighted by atomic mass is 19.1. The third kappa shape index (κ3) is 1.64. The predicted molar refractivity (Wildman–Crippen MR) is 65.4 cm³/mol. The van der Waals surface area contributed by atoms with E-state index in [0.29, 0.717) is 23.3 Å². The Hall–Kier alpha value is -1.71. The fourth-order valence-electron chi connectivity index (χ4n) is 2.55. The van der Waals surface area contributed by atoms with Crippen LogP contribution in [0, 0.1) is 17.2 Å². The average Bonchev–Trinajstić information content (AvgIpc) is 2.68. The van der Waals surface area contributed by atoms with E-state index in [1.165, 1.54) is 12.1 Å². The molecule has 1 aromatic carbocycles. The van der Waals surface area contributed by atoms with E-state index in [1.54, 1.807) is 12.1 Å². The first-order valence-electron chi connectivity index (χ1n) is 6.09. The normalized spacial score (nSPS) is 25.1. The van der Waals surface area contributed by atoms with E-state index in [-0.39, 0.29) is 11.2 Å². The maximum atomic E-state index is 13.1. The van der Waals surface area contributed by atoms with Gasteiger partial charge in [-0.1, -0.05) is 32.0 Å². The van der Waals surface area contributed by atoms with Crippen LogP contribution < -0.4 is 0 Å². The molecule has 3 nitrogen and oxygen atoms in total. The molecule has 94 valence electrons. The Labute approximate surface area is 105 Å². The lowest BCUT2D eigenvalue weighted by atomic mass is 10.1. The summed E-state index contributed by atoms with van der Waals surface area (Å²) in [5, 5.41) is 4.02. The van der Waals surface area contributed by atoms with Crippen molar-refractivity contribution >= 4 is 0 Å². The van der Waals surface area contributed by atoms with Gasteiger partial charge in [-0.3, -0.25) is 0 Å². The molecule has 0 radical (unpaired) electrons. The van der Waals surface area contributed by atoms with Crippen LogP contribution in [-0.4, -0.2) is 10.1 Å². The van der Waals surface area contributed by atoms with Crippen LogP contribution in [0.4, 0.5) is 4.39 Å². The Morgan fingerprint density at radius 1 is 1.33 bits per heavy atom. The molecule has 1 saturated carbocycles. The summed E-state index contributed by atoms with van der Waals surface area (Å²) >= 11 is 0. The quantitative estimate of drug-likeness (QED) is 0.812. The number of halogens is 1. The fourth-order valence-corrected chi connectivity index (χ4v) is 2.55. The number of rotatable bonds is 2. The second kappa shape index (κ2) is 3.64. The zero-order valence-corrected chi connectivity index (χ0v) is 10.6. The summed E-state index contributed by atoms with van der Waals surface area (Å²) in [5.41, 5.74) is 0.850. The fraction of sp³-hybridized carbons (Fsp3) is 0.429. The molecule has 0 N–H and O–H groups in total. The second-order valence-electron chi connectivity index (χ2n) is 5.56. The van der Waals surface area contributed by atoms with Crippen LogP contribution in [0.1, 0.15) is 32.5 Å². The van der Waals surface area contributed by atoms with Gasteiger partial charge in [-0.05, 0) is 29.5 Å². The zero-order chi connectivity index (χ0) is 12.9. The van der Waals surface area contributed by atoms with Gasteiger partial charge in [-0.15, -0.1) is 0 Å². The summed E-state index contributed by atoms with van der Waals surface area (Å²) < 4.78 is 18.3. The van der Waals surface area contributed by atoms with Crippen molar-refractivity contribution in [3.8, 4) is 11.5 Å². The van der Waals surface area contributed by atoms with Gasteiger partial charge in [0.15, 0.2) is 5.82 Å². The van der Waals surface area contributed by atoms with Gasteiger partial charge >= 0.3 is 0 Å². The highest BCUT2D eigenvalue weighted by Crippen LogP contribution is 2.63.